The predicted molar refractivity (Wildman–Crippen MR) is 117 cm³/mol. The molecular weight excluding hydrogens is 378 g/mol. The van der Waals surface area contributed by atoms with Gasteiger partial charge in [0, 0.05) is 25.1 Å². The van der Waals surface area contributed by atoms with Crippen molar-refractivity contribution in [3.05, 3.63) is 46.9 Å². The number of benzene rings is 1. The number of hydrogen-bond donors (Lipinski definition) is 1. The fourth-order valence-electron chi connectivity index (χ4n) is 4.35. The molecule has 1 amide bonds. The highest BCUT2D eigenvalue weighted by atomic mass is 16.5. The van der Waals surface area contributed by atoms with Gasteiger partial charge in [-0.1, -0.05) is 12.1 Å². The number of carbonyl (C=O) groups excluding carboxylic acids is 1. The van der Waals surface area contributed by atoms with Crippen molar-refractivity contribution in [1.29, 1.82) is 0 Å². The lowest BCUT2D eigenvalue weighted by Gasteiger charge is -2.32. The van der Waals surface area contributed by atoms with Crippen molar-refractivity contribution in [1.82, 2.24) is 19.8 Å². The van der Waals surface area contributed by atoms with Gasteiger partial charge in [0.15, 0.2) is 0 Å². The zero-order valence-corrected chi connectivity index (χ0v) is 18.1. The summed E-state index contributed by atoms with van der Waals surface area (Å²) in [6.07, 6.45) is 3.34. The average Bonchev–Trinajstić information content (AvgIpc) is 2.78. The van der Waals surface area contributed by atoms with Gasteiger partial charge in [0.25, 0.3) is 0 Å². The summed E-state index contributed by atoms with van der Waals surface area (Å²) in [6, 6.07) is 7.70. The number of methoxy groups -OCH3 is 1. The number of rotatable bonds is 5. The van der Waals surface area contributed by atoms with Crippen LogP contribution in [-0.2, 0) is 24.2 Å². The summed E-state index contributed by atoms with van der Waals surface area (Å²) < 4.78 is 5.20. The summed E-state index contributed by atoms with van der Waals surface area (Å²) in [4.78, 5) is 27.0. The molecular formula is C23H31N5O2. The van der Waals surface area contributed by atoms with E-state index in [4.69, 9.17) is 14.7 Å². The molecule has 1 N–H and O–H groups in total. The second-order valence-corrected chi connectivity index (χ2v) is 8.27. The molecule has 0 saturated carbocycles. The van der Waals surface area contributed by atoms with Gasteiger partial charge in [-0.3, -0.25) is 4.79 Å². The van der Waals surface area contributed by atoms with Crippen molar-refractivity contribution in [3.63, 3.8) is 0 Å². The number of likely N-dealkylation sites (tertiary alicyclic amines) is 1. The van der Waals surface area contributed by atoms with E-state index in [1.54, 1.807) is 7.11 Å². The van der Waals surface area contributed by atoms with Crippen molar-refractivity contribution in [2.24, 2.45) is 0 Å². The number of amides is 1. The van der Waals surface area contributed by atoms with Crippen LogP contribution in [0, 0.1) is 0 Å². The molecule has 0 atom stereocenters. The third kappa shape index (κ3) is 4.41. The molecule has 2 aromatic rings. The lowest BCUT2D eigenvalue weighted by atomic mass is 9.95. The van der Waals surface area contributed by atoms with E-state index < -0.39 is 0 Å². The number of carbonyl (C=O) groups is 1. The fourth-order valence-corrected chi connectivity index (χ4v) is 4.35. The first kappa shape index (κ1) is 20.6. The minimum Gasteiger partial charge on any atom is -0.497 e. The summed E-state index contributed by atoms with van der Waals surface area (Å²) in [5.74, 6) is 3.18. The summed E-state index contributed by atoms with van der Waals surface area (Å²) in [5.41, 5.74) is 3.15. The molecule has 1 aromatic heterocycles. The first-order chi connectivity index (χ1) is 14.6. The highest BCUT2D eigenvalue weighted by Gasteiger charge is 2.28. The van der Waals surface area contributed by atoms with E-state index in [9.17, 15) is 4.79 Å². The van der Waals surface area contributed by atoms with Crippen LogP contribution in [0.1, 0.15) is 41.4 Å². The predicted octanol–water partition coefficient (Wildman–Crippen LogP) is 2.46. The molecule has 30 heavy (non-hydrogen) atoms. The van der Waals surface area contributed by atoms with Gasteiger partial charge in [-0.05, 0) is 57.1 Å². The maximum Gasteiger partial charge on any atom is 0.227 e. The Balaban J connectivity index is 1.50. The maximum absolute atomic E-state index is 12.9. The number of ether oxygens (including phenoxy) is 1. The lowest BCUT2D eigenvalue weighted by Crippen LogP contribution is -2.38. The topological polar surface area (TPSA) is 70.6 Å². The standard InChI is InChI=1S/C23H31N5O2/c1-24-23-19-10-13-28(21(29)14-16-4-6-18(30-3)7-5-16)15-20(19)25-22(26-23)17-8-11-27(2)12-9-17/h4-7,17H,8-15H2,1-3H3,(H,24,25,26). The van der Waals surface area contributed by atoms with Gasteiger partial charge in [-0.15, -0.1) is 0 Å². The van der Waals surface area contributed by atoms with Crippen LogP contribution in [0.3, 0.4) is 0 Å². The van der Waals surface area contributed by atoms with E-state index in [1.165, 1.54) is 0 Å². The Morgan fingerprint density at radius 3 is 2.57 bits per heavy atom. The van der Waals surface area contributed by atoms with Crippen LogP contribution in [0.5, 0.6) is 5.75 Å². The maximum atomic E-state index is 12.9. The van der Waals surface area contributed by atoms with E-state index >= 15 is 0 Å². The van der Waals surface area contributed by atoms with Crippen LogP contribution in [-0.4, -0.2) is 66.5 Å². The molecule has 4 rings (SSSR count). The van der Waals surface area contributed by atoms with Crippen LogP contribution >= 0.6 is 0 Å². The number of hydrogen-bond acceptors (Lipinski definition) is 6. The Kier molecular flexibility index (Phi) is 6.18. The summed E-state index contributed by atoms with van der Waals surface area (Å²) in [6.45, 7) is 3.41. The Hall–Kier alpha value is -2.67. The molecule has 0 bridgehead atoms. The SMILES string of the molecule is CNc1nc(C2CCN(C)CC2)nc2c1CCN(C(=O)Cc1ccc(OC)cc1)C2. The van der Waals surface area contributed by atoms with Crippen molar-refractivity contribution < 1.29 is 9.53 Å². The first-order valence-electron chi connectivity index (χ1n) is 10.7. The van der Waals surface area contributed by atoms with Crippen LogP contribution in [0.15, 0.2) is 24.3 Å². The monoisotopic (exact) mass is 409 g/mol. The fraction of sp³-hybridized carbons (Fsp3) is 0.522. The molecule has 1 fully saturated rings. The third-order valence-corrected chi connectivity index (χ3v) is 6.27. The molecule has 0 spiro atoms. The number of fused-ring (bicyclic) bond motifs is 1. The van der Waals surface area contributed by atoms with Crippen LogP contribution in [0.2, 0.25) is 0 Å². The Bertz CT molecular complexity index is 891. The van der Waals surface area contributed by atoms with E-state index in [0.29, 0.717) is 25.4 Å². The summed E-state index contributed by atoms with van der Waals surface area (Å²) >= 11 is 0. The molecule has 0 unspecified atom stereocenters. The van der Waals surface area contributed by atoms with Gasteiger partial charge < -0.3 is 19.9 Å². The highest BCUT2D eigenvalue weighted by molar-refractivity contribution is 5.79. The number of piperidine rings is 1. The Labute approximate surface area is 178 Å². The molecule has 1 saturated heterocycles. The van der Waals surface area contributed by atoms with Crippen LogP contribution < -0.4 is 10.1 Å². The number of anilines is 1. The molecule has 0 radical (unpaired) electrons. The summed E-state index contributed by atoms with van der Waals surface area (Å²) in [5, 5.41) is 3.26. The third-order valence-electron chi connectivity index (χ3n) is 6.27. The van der Waals surface area contributed by atoms with Gasteiger partial charge in [0.1, 0.15) is 17.4 Å². The largest absolute Gasteiger partial charge is 0.497 e. The van der Waals surface area contributed by atoms with Gasteiger partial charge >= 0.3 is 0 Å². The molecule has 2 aliphatic heterocycles. The van der Waals surface area contributed by atoms with E-state index in [2.05, 4.69) is 17.3 Å². The molecule has 7 nitrogen and oxygen atoms in total. The highest BCUT2D eigenvalue weighted by Crippen LogP contribution is 2.30. The van der Waals surface area contributed by atoms with Gasteiger partial charge in [-0.25, -0.2) is 9.97 Å². The van der Waals surface area contributed by atoms with Gasteiger partial charge in [-0.2, -0.15) is 0 Å². The van der Waals surface area contributed by atoms with E-state index in [0.717, 1.165) is 66.6 Å². The first-order valence-corrected chi connectivity index (χ1v) is 10.7. The Morgan fingerprint density at radius 1 is 1.17 bits per heavy atom. The molecule has 160 valence electrons. The van der Waals surface area contributed by atoms with Crippen molar-refractivity contribution in [2.75, 3.05) is 46.2 Å². The quantitative estimate of drug-likeness (QED) is 0.818. The van der Waals surface area contributed by atoms with E-state index in [1.807, 2.05) is 36.2 Å². The second-order valence-electron chi connectivity index (χ2n) is 8.27. The molecule has 3 heterocycles. The Morgan fingerprint density at radius 2 is 1.90 bits per heavy atom. The normalized spacial score (nSPS) is 17.5. The number of nitrogens with zero attached hydrogens (tertiary/aromatic N) is 4. The van der Waals surface area contributed by atoms with Crippen molar-refractivity contribution in [3.8, 4) is 5.75 Å². The molecule has 0 aliphatic carbocycles. The number of aromatic nitrogens is 2. The zero-order valence-electron chi connectivity index (χ0n) is 18.1. The molecule has 1 aromatic carbocycles. The molecule has 2 aliphatic rings. The van der Waals surface area contributed by atoms with Gasteiger partial charge in [0.2, 0.25) is 5.91 Å². The zero-order chi connectivity index (χ0) is 21.1. The minimum atomic E-state index is 0.135. The van der Waals surface area contributed by atoms with Crippen LogP contribution in [0.4, 0.5) is 5.82 Å². The second kappa shape index (κ2) is 9.00. The van der Waals surface area contributed by atoms with E-state index in [-0.39, 0.29) is 5.91 Å². The summed E-state index contributed by atoms with van der Waals surface area (Å²) in [7, 11) is 5.73. The smallest absolute Gasteiger partial charge is 0.227 e. The van der Waals surface area contributed by atoms with Crippen molar-refractivity contribution in [2.45, 2.75) is 38.1 Å². The van der Waals surface area contributed by atoms with Crippen LogP contribution in [0.25, 0.3) is 0 Å². The minimum absolute atomic E-state index is 0.135. The van der Waals surface area contributed by atoms with Crippen molar-refractivity contribution >= 4 is 11.7 Å². The lowest BCUT2D eigenvalue weighted by molar-refractivity contribution is -0.131. The number of nitrogens with one attached hydrogen (secondary N) is 1. The molecule has 7 heteroatoms. The average molecular weight is 410 g/mol. The van der Waals surface area contributed by atoms with Gasteiger partial charge in [0.05, 0.1) is 25.8 Å².